The maximum atomic E-state index is 13.1. The monoisotopic (exact) mass is 466 g/mol. The molecule has 0 saturated heterocycles. The fraction of sp³-hybridized carbons (Fsp3) is 0.130. The summed E-state index contributed by atoms with van der Waals surface area (Å²) in [5.74, 6) is 0.587. The van der Waals surface area contributed by atoms with Gasteiger partial charge in [-0.3, -0.25) is 9.59 Å². The van der Waals surface area contributed by atoms with Gasteiger partial charge in [-0.15, -0.1) is 11.8 Å². The van der Waals surface area contributed by atoms with Gasteiger partial charge in [-0.1, -0.05) is 29.8 Å². The van der Waals surface area contributed by atoms with Crippen molar-refractivity contribution in [1.29, 1.82) is 0 Å². The summed E-state index contributed by atoms with van der Waals surface area (Å²) in [7, 11) is 0. The van der Waals surface area contributed by atoms with Gasteiger partial charge in [0.15, 0.2) is 11.6 Å². The lowest BCUT2D eigenvalue weighted by Gasteiger charge is -2.13. The summed E-state index contributed by atoms with van der Waals surface area (Å²) in [6, 6.07) is 13.8. The van der Waals surface area contributed by atoms with Crippen LogP contribution in [0.15, 0.2) is 75.2 Å². The van der Waals surface area contributed by atoms with E-state index < -0.39 is 0 Å². The standard InChI is InChI=1S/C23H19ClN4O3S/c1-14-20(23(32-2)27-21(25-14)18-8-5-11-31-18)22(30)26-16-9-10-19(29)28(13-16)12-15-6-3-4-7-17(15)24/h3-11,13H,12H2,1-2H3,(H,26,30). The topological polar surface area (TPSA) is 90.0 Å². The van der Waals surface area contributed by atoms with Crippen LogP contribution in [0.3, 0.4) is 0 Å². The Bertz CT molecular complexity index is 1340. The molecule has 162 valence electrons. The van der Waals surface area contributed by atoms with E-state index in [2.05, 4.69) is 15.3 Å². The number of hydrogen-bond acceptors (Lipinski definition) is 6. The molecule has 9 heteroatoms. The summed E-state index contributed by atoms with van der Waals surface area (Å²) in [5, 5.41) is 3.95. The van der Waals surface area contributed by atoms with Crippen molar-refractivity contribution in [3.63, 3.8) is 0 Å². The highest BCUT2D eigenvalue weighted by molar-refractivity contribution is 7.98. The lowest BCUT2D eigenvalue weighted by Crippen LogP contribution is -2.22. The highest BCUT2D eigenvalue weighted by Gasteiger charge is 2.20. The molecule has 1 N–H and O–H groups in total. The van der Waals surface area contributed by atoms with Crippen LogP contribution in [-0.4, -0.2) is 26.7 Å². The molecule has 0 atom stereocenters. The Morgan fingerprint density at radius 3 is 2.69 bits per heavy atom. The zero-order valence-electron chi connectivity index (χ0n) is 17.3. The Hall–Kier alpha value is -3.36. The smallest absolute Gasteiger partial charge is 0.260 e. The van der Waals surface area contributed by atoms with Crippen molar-refractivity contribution >= 4 is 35.0 Å². The van der Waals surface area contributed by atoms with Crippen LogP contribution in [0.2, 0.25) is 5.02 Å². The zero-order chi connectivity index (χ0) is 22.7. The number of aryl methyl sites for hydroxylation is 1. The summed E-state index contributed by atoms with van der Waals surface area (Å²) < 4.78 is 6.87. The van der Waals surface area contributed by atoms with E-state index in [4.69, 9.17) is 16.0 Å². The minimum Gasteiger partial charge on any atom is -0.461 e. The number of furan rings is 1. The number of benzene rings is 1. The molecule has 0 fully saturated rings. The van der Waals surface area contributed by atoms with Crippen molar-refractivity contribution in [2.45, 2.75) is 18.5 Å². The highest BCUT2D eigenvalue weighted by atomic mass is 35.5. The van der Waals surface area contributed by atoms with Crippen molar-refractivity contribution in [2.75, 3.05) is 11.6 Å². The second kappa shape index (κ2) is 9.42. The molecule has 0 aliphatic rings. The first-order chi connectivity index (χ1) is 15.5. The summed E-state index contributed by atoms with van der Waals surface area (Å²) in [6.45, 7) is 2.04. The molecule has 0 radical (unpaired) electrons. The predicted octanol–water partition coefficient (Wildman–Crippen LogP) is 4.88. The van der Waals surface area contributed by atoms with Gasteiger partial charge < -0.3 is 14.3 Å². The summed E-state index contributed by atoms with van der Waals surface area (Å²) >= 11 is 7.57. The molecule has 1 amide bonds. The third-order valence-corrected chi connectivity index (χ3v) is 5.81. The number of amides is 1. The molecular weight excluding hydrogens is 448 g/mol. The van der Waals surface area contributed by atoms with Gasteiger partial charge in [-0.05, 0) is 43.0 Å². The zero-order valence-corrected chi connectivity index (χ0v) is 18.9. The molecule has 3 heterocycles. The average molecular weight is 467 g/mol. The third-order valence-electron chi connectivity index (χ3n) is 4.76. The van der Waals surface area contributed by atoms with Crippen LogP contribution in [-0.2, 0) is 6.54 Å². The fourth-order valence-electron chi connectivity index (χ4n) is 3.20. The number of nitrogens with one attached hydrogen (secondary N) is 1. The molecule has 0 bridgehead atoms. The number of nitrogens with zero attached hydrogens (tertiary/aromatic N) is 3. The number of carbonyl (C=O) groups is 1. The van der Waals surface area contributed by atoms with Crippen molar-refractivity contribution < 1.29 is 9.21 Å². The summed E-state index contributed by atoms with van der Waals surface area (Å²) in [6.07, 6.45) is 4.98. The normalized spacial score (nSPS) is 10.8. The molecular formula is C23H19ClN4O3S. The van der Waals surface area contributed by atoms with E-state index in [0.717, 1.165) is 5.56 Å². The molecule has 1 aromatic carbocycles. The number of aromatic nitrogens is 3. The molecule has 0 saturated carbocycles. The Balaban J connectivity index is 1.62. The van der Waals surface area contributed by atoms with Gasteiger partial charge in [-0.2, -0.15) is 0 Å². The van der Waals surface area contributed by atoms with Crippen LogP contribution in [0.1, 0.15) is 21.6 Å². The summed E-state index contributed by atoms with van der Waals surface area (Å²) in [5.41, 5.74) is 1.98. The molecule has 0 aliphatic carbocycles. The van der Waals surface area contributed by atoms with E-state index in [-0.39, 0.29) is 18.0 Å². The predicted molar refractivity (Wildman–Crippen MR) is 125 cm³/mol. The number of carbonyl (C=O) groups excluding carboxylic acids is 1. The molecule has 0 aliphatic heterocycles. The number of halogens is 1. The highest BCUT2D eigenvalue weighted by Crippen LogP contribution is 2.26. The fourth-order valence-corrected chi connectivity index (χ4v) is 4.02. The second-order valence-electron chi connectivity index (χ2n) is 6.92. The van der Waals surface area contributed by atoms with Crippen LogP contribution in [0.5, 0.6) is 0 Å². The largest absolute Gasteiger partial charge is 0.461 e. The number of rotatable bonds is 6. The molecule has 0 spiro atoms. The minimum absolute atomic E-state index is 0.199. The third kappa shape index (κ3) is 4.61. The minimum atomic E-state index is -0.360. The first-order valence-corrected chi connectivity index (χ1v) is 11.3. The molecule has 3 aromatic heterocycles. The maximum absolute atomic E-state index is 13.1. The van der Waals surface area contributed by atoms with Crippen LogP contribution < -0.4 is 10.9 Å². The first-order valence-electron chi connectivity index (χ1n) is 9.68. The number of thioether (sulfide) groups is 1. The van der Waals surface area contributed by atoms with E-state index in [0.29, 0.717) is 38.6 Å². The lowest BCUT2D eigenvalue weighted by atomic mass is 10.2. The van der Waals surface area contributed by atoms with E-state index in [9.17, 15) is 9.59 Å². The van der Waals surface area contributed by atoms with Crippen LogP contribution >= 0.6 is 23.4 Å². The first kappa shape index (κ1) is 21.9. The van der Waals surface area contributed by atoms with Crippen molar-refractivity contribution in [3.8, 4) is 11.6 Å². The van der Waals surface area contributed by atoms with E-state index >= 15 is 0 Å². The van der Waals surface area contributed by atoms with Gasteiger partial charge in [-0.25, -0.2) is 9.97 Å². The molecule has 4 rings (SSSR count). The maximum Gasteiger partial charge on any atom is 0.260 e. The molecule has 0 unspecified atom stereocenters. The van der Waals surface area contributed by atoms with E-state index in [1.807, 2.05) is 24.5 Å². The molecule has 4 aromatic rings. The number of pyridine rings is 1. The Morgan fingerprint density at radius 1 is 1.16 bits per heavy atom. The summed E-state index contributed by atoms with van der Waals surface area (Å²) in [4.78, 5) is 34.3. The SMILES string of the molecule is CSc1nc(-c2ccco2)nc(C)c1C(=O)Nc1ccc(=O)n(Cc2ccccc2Cl)c1. The van der Waals surface area contributed by atoms with Crippen LogP contribution in [0.4, 0.5) is 5.69 Å². The van der Waals surface area contributed by atoms with Crippen molar-refractivity contribution in [1.82, 2.24) is 14.5 Å². The number of anilines is 1. The van der Waals surface area contributed by atoms with Gasteiger partial charge >= 0.3 is 0 Å². The van der Waals surface area contributed by atoms with Gasteiger partial charge in [0, 0.05) is 17.3 Å². The molecule has 7 nitrogen and oxygen atoms in total. The Kier molecular flexibility index (Phi) is 6.43. The Labute approximate surface area is 193 Å². The van der Waals surface area contributed by atoms with Crippen LogP contribution in [0, 0.1) is 6.92 Å². The van der Waals surface area contributed by atoms with Gasteiger partial charge in [0.2, 0.25) is 0 Å². The lowest BCUT2D eigenvalue weighted by molar-refractivity contribution is 0.102. The van der Waals surface area contributed by atoms with Crippen molar-refractivity contribution in [3.05, 3.63) is 93.2 Å². The van der Waals surface area contributed by atoms with E-state index in [1.54, 1.807) is 43.6 Å². The Morgan fingerprint density at radius 2 is 1.97 bits per heavy atom. The molecule has 32 heavy (non-hydrogen) atoms. The van der Waals surface area contributed by atoms with Crippen LogP contribution in [0.25, 0.3) is 11.6 Å². The van der Waals surface area contributed by atoms with Crippen molar-refractivity contribution in [2.24, 2.45) is 0 Å². The number of hydrogen-bond donors (Lipinski definition) is 1. The van der Waals surface area contributed by atoms with Gasteiger partial charge in [0.05, 0.1) is 29.8 Å². The van der Waals surface area contributed by atoms with Gasteiger partial charge in [0.25, 0.3) is 11.5 Å². The van der Waals surface area contributed by atoms with Gasteiger partial charge in [0.1, 0.15) is 5.03 Å². The van der Waals surface area contributed by atoms with E-state index in [1.165, 1.54) is 22.4 Å². The quantitative estimate of drug-likeness (QED) is 0.321. The average Bonchev–Trinajstić information content (AvgIpc) is 3.32. The second-order valence-corrected chi connectivity index (χ2v) is 8.13.